The number of amides is 1. The Morgan fingerprint density at radius 2 is 1.91 bits per heavy atom. The van der Waals surface area contributed by atoms with Crippen LogP contribution in [-0.4, -0.2) is 20.1 Å². The average Bonchev–Trinajstić information content (AvgIpc) is 3.07. The van der Waals surface area contributed by atoms with Gasteiger partial charge in [0.25, 0.3) is 0 Å². The topological polar surface area (TPSA) is 60.7 Å². The molecule has 116 valence electrons. The van der Waals surface area contributed by atoms with Gasteiger partial charge in [-0.15, -0.1) is 0 Å². The maximum absolute atomic E-state index is 11.9. The third-order valence-electron chi connectivity index (χ3n) is 3.13. The van der Waals surface area contributed by atoms with Gasteiger partial charge >= 0.3 is 0 Å². The molecule has 5 nitrogen and oxygen atoms in total. The van der Waals surface area contributed by atoms with E-state index in [9.17, 15) is 4.79 Å². The van der Waals surface area contributed by atoms with Crippen molar-refractivity contribution in [3.8, 4) is 11.5 Å². The van der Waals surface area contributed by atoms with E-state index in [2.05, 4.69) is 5.32 Å². The molecule has 0 spiro atoms. The van der Waals surface area contributed by atoms with E-state index >= 15 is 0 Å². The molecule has 0 fully saturated rings. The molecule has 2 aromatic rings. The van der Waals surface area contributed by atoms with Crippen LogP contribution in [0.15, 0.2) is 47.1 Å². The fourth-order valence-electron chi connectivity index (χ4n) is 1.97. The highest BCUT2D eigenvalue weighted by molar-refractivity contribution is 5.92. The molecule has 1 aromatic carbocycles. The van der Waals surface area contributed by atoms with Gasteiger partial charge in [-0.05, 0) is 42.8 Å². The Labute approximate surface area is 129 Å². The van der Waals surface area contributed by atoms with Crippen molar-refractivity contribution in [1.29, 1.82) is 0 Å². The molecule has 5 heteroatoms. The van der Waals surface area contributed by atoms with Crippen molar-refractivity contribution in [2.24, 2.45) is 0 Å². The molecule has 1 amide bonds. The van der Waals surface area contributed by atoms with Crippen molar-refractivity contribution in [3.05, 3.63) is 54.0 Å². The fraction of sp³-hybridized carbons (Fsp3) is 0.235. The van der Waals surface area contributed by atoms with Crippen LogP contribution in [0.4, 0.5) is 0 Å². The van der Waals surface area contributed by atoms with E-state index in [0.717, 1.165) is 5.56 Å². The molecule has 22 heavy (non-hydrogen) atoms. The van der Waals surface area contributed by atoms with Crippen LogP contribution in [0, 0.1) is 0 Å². The average molecular weight is 301 g/mol. The lowest BCUT2D eigenvalue weighted by atomic mass is 10.2. The Hall–Kier alpha value is -2.69. The van der Waals surface area contributed by atoms with Crippen LogP contribution >= 0.6 is 0 Å². The van der Waals surface area contributed by atoms with E-state index < -0.39 is 0 Å². The van der Waals surface area contributed by atoms with Crippen molar-refractivity contribution in [3.63, 3.8) is 0 Å². The summed E-state index contributed by atoms with van der Waals surface area (Å²) in [7, 11) is 3.17. The van der Waals surface area contributed by atoms with Gasteiger partial charge in [-0.2, -0.15) is 0 Å². The number of carbonyl (C=O) groups excluding carboxylic acids is 1. The lowest BCUT2D eigenvalue weighted by molar-refractivity contribution is -0.117. The lowest BCUT2D eigenvalue weighted by Crippen LogP contribution is -2.24. The molecular weight excluding hydrogens is 282 g/mol. The van der Waals surface area contributed by atoms with Crippen LogP contribution in [0.1, 0.15) is 24.3 Å². The first-order chi connectivity index (χ1) is 10.6. The van der Waals surface area contributed by atoms with Gasteiger partial charge in [-0.1, -0.05) is 0 Å². The van der Waals surface area contributed by atoms with Gasteiger partial charge in [0.2, 0.25) is 5.91 Å². The smallest absolute Gasteiger partial charge is 0.244 e. The number of hydrogen-bond acceptors (Lipinski definition) is 4. The Morgan fingerprint density at radius 1 is 1.23 bits per heavy atom. The molecule has 0 radical (unpaired) electrons. The van der Waals surface area contributed by atoms with E-state index in [0.29, 0.717) is 17.3 Å². The highest BCUT2D eigenvalue weighted by Crippen LogP contribution is 2.23. The molecule has 0 aliphatic carbocycles. The maximum Gasteiger partial charge on any atom is 0.244 e. The summed E-state index contributed by atoms with van der Waals surface area (Å²) in [6, 6.07) is 8.84. The number of benzene rings is 1. The number of carbonyl (C=O) groups is 1. The summed E-state index contributed by atoms with van der Waals surface area (Å²) in [5, 5.41) is 2.83. The zero-order valence-electron chi connectivity index (χ0n) is 12.8. The Kier molecular flexibility index (Phi) is 5.25. The second kappa shape index (κ2) is 7.36. The van der Waals surface area contributed by atoms with Crippen molar-refractivity contribution in [1.82, 2.24) is 5.32 Å². The van der Waals surface area contributed by atoms with E-state index in [1.165, 1.54) is 6.08 Å². The molecule has 0 aliphatic heterocycles. The summed E-state index contributed by atoms with van der Waals surface area (Å²) in [4.78, 5) is 11.9. The molecule has 0 saturated heterocycles. The minimum Gasteiger partial charge on any atom is -0.497 e. The third kappa shape index (κ3) is 4.15. The van der Waals surface area contributed by atoms with Crippen LogP contribution in [0.2, 0.25) is 0 Å². The van der Waals surface area contributed by atoms with Gasteiger partial charge in [0.15, 0.2) is 0 Å². The van der Waals surface area contributed by atoms with Gasteiger partial charge in [0, 0.05) is 12.1 Å². The van der Waals surface area contributed by atoms with Crippen molar-refractivity contribution in [2.45, 2.75) is 13.0 Å². The minimum absolute atomic E-state index is 0.188. The van der Waals surface area contributed by atoms with E-state index in [1.807, 2.05) is 25.1 Å². The van der Waals surface area contributed by atoms with Gasteiger partial charge in [0.1, 0.15) is 17.3 Å². The molecular formula is C17H19NO4. The summed E-state index contributed by atoms with van der Waals surface area (Å²) in [5.74, 6) is 1.85. The Balaban J connectivity index is 2.03. The van der Waals surface area contributed by atoms with Gasteiger partial charge < -0.3 is 19.2 Å². The van der Waals surface area contributed by atoms with Crippen molar-refractivity contribution in [2.75, 3.05) is 14.2 Å². The zero-order chi connectivity index (χ0) is 15.9. The third-order valence-corrected chi connectivity index (χ3v) is 3.13. The summed E-state index contributed by atoms with van der Waals surface area (Å²) >= 11 is 0. The highest BCUT2D eigenvalue weighted by Gasteiger charge is 2.09. The first kappa shape index (κ1) is 15.7. The predicted octanol–water partition coefficient (Wildman–Crippen LogP) is 3.19. The minimum atomic E-state index is -0.203. The zero-order valence-corrected chi connectivity index (χ0v) is 12.8. The number of furan rings is 1. The summed E-state index contributed by atoms with van der Waals surface area (Å²) in [6.45, 7) is 1.86. The first-order valence-corrected chi connectivity index (χ1v) is 6.87. The quantitative estimate of drug-likeness (QED) is 0.832. The lowest BCUT2D eigenvalue weighted by Gasteiger charge is -2.09. The molecule has 0 saturated carbocycles. The van der Waals surface area contributed by atoms with Gasteiger partial charge in [0.05, 0.1) is 26.5 Å². The predicted molar refractivity (Wildman–Crippen MR) is 83.8 cm³/mol. The van der Waals surface area contributed by atoms with Crippen LogP contribution in [0.5, 0.6) is 11.5 Å². The maximum atomic E-state index is 11.9. The molecule has 0 aliphatic rings. The van der Waals surface area contributed by atoms with Crippen molar-refractivity contribution < 1.29 is 18.7 Å². The SMILES string of the molecule is COc1cc(/C=C/C(=O)N[C@@H](C)c2ccco2)cc(OC)c1. The van der Waals surface area contributed by atoms with Crippen molar-refractivity contribution >= 4 is 12.0 Å². The Morgan fingerprint density at radius 3 is 2.45 bits per heavy atom. The second-order valence-electron chi connectivity index (χ2n) is 4.73. The molecule has 2 rings (SSSR count). The molecule has 0 unspecified atom stereocenters. The van der Waals surface area contributed by atoms with E-state index in [4.69, 9.17) is 13.9 Å². The summed E-state index contributed by atoms with van der Waals surface area (Å²) in [6.07, 6.45) is 4.75. The second-order valence-corrected chi connectivity index (χ2v) is 4.73. The fourth-order valence-corrected chi connectivity index (χ4v) is 1.97. The highest BCUT2D eigenvalue weighted by atomic mass is 16.5. The number of methoxy groups -OCH3 is 2. The summed E-state index contributed by atoms with van der Waals surface area (Å²) in [5.41, 5.74) is 0.817. The molecule has 1 aromatic heterocycles. The number of rotatable bonds is 6. The number of hydrogen-bond donors (Lipinski definition) is 1. The molecule has 1 N–H and O–H groups in total. The standard InChI is InChI=1S/C17H19NO4/c1-12(16-5-4-8-22-16)18-17(19)7-6-13-9-14(20-2)11-15(10-13)21-3/h4-12H,1-3H3,(H,18,19)/b7-6+/t12-/m0/s1. The van der Waals surface area contributed by atoms with Crippen LogP contribution in [0.25, 0.3) is 6.08 Å². The van der Waals surface area contributed by atoms with Gasteiger partial charge in [-0.25, -0.2) is 0 Å². The van der Waals surface area contributed by atoms with Gasteiger partial charge in [-0.3, -0.25) is 4.79 Å². The van der Waals surface area contributed by atoms with Crippen LogP contribution in [0.3, 0.4) is 0 Å². The normalized spacial score (nSPS) is 12.1. The Bertz CT molecular complexity index is 624. The summed E-state index contributed by atoms with van der Waals surface area (Å²) < 4.78 is 15.6. The van der Waals surface area contributed by atoms with Crippen LogP contribution < -0.4 is 14.8 Å². The molecule has 1 heterocycles. The van der Waals surface area contributed by atoms with E-state index in [1.54, 1.807) is 38.7 Å². The number of nitrogens with one attached hydrogen (secondary N) is 1. The monoisotopic (exact) mass is 301 g/mol. The van der Waals surface area contributed by atoms with Crippen LogP contribution in [-0.2, 0) is 4.79 Å². The molecule has 0 bridgehead atoms. The largest absolute Gasteiger partial charge is 0.497 e. The first-order valence-electron chi connectivity index (χ1n) is 6.87. The van der Waals surface area contributed by atoms with E-state index in [-0.39, 0.29) is 11.9 Å². The number of ether oxygens (including phenoxy) is 2. The molecule has 1 atom stereocenters.